The number of rotatable bonds is 7. The lowest BCUT2D eigenvalue weighted by Gasteiger charge is -2.23. The van der Waals surface area contributed by atoms with E-state index in [0.717, 1.165) is 10.6 Å². The predicted octanol–water partition coefficient (Wildman–Crippen LogP) is 2.69. The summed E-state index contributed by atoms with van der Waals surface area (Å²) in [6.07, 6.45) is -0.130. The largest absolute Gasteiger partial charge is 0.493 e. The third-order valence-electron chi connectivity index (χ3n) is 4.09. The second-order valence-corrected chi connectivity index (χ2v) is 7.32. The van der Waals surface area contributed by atoms with E-state index in [2.05, 4.69) is 10.6 Å². The molecular weight excluding hydrogens is 396 g/mol. The van der Waals surface area contributed by atoms with Crippen molar-refractivity contribution in [2.24, 2.45) is 0 Å². The summed E-state index contributed by atoms with van der Waals surface area (Å²) in [7, 11) is 3.00. The lowest BCUT2D eigenvalue weighted by atomic mass is 10.2. The van der Waals surface area contributed by atoms with Crippen LogP contribution in [0.25, 0.3) is 0 Å². The van der Waals surface area contributed by atoms with E-state index in [9.17, 15) is 14.4 Å². The number of esters is 1. The first-order chi connectivity index (χ1) is 14.0. The highest BCUT2D eigenvalue weighted by atomic mass is 32.2. The van der Waals surface area contributed by atoms with E-state index in [-0.39, 0.29) is 12.3 Å². The van der Waals surface area contributed by atoms with Crippen molar-refractivity contribution in [3.8, 4) is 11.5 Å². The van der Waals surface area contributed by atoms with Crippen molar-refractivity contribution >= 4 is 40.9 Å². The number of fused-ring (bicyclic) bond motifs is 1. The van der Waals surface area contributed by atoms with Crippen LogP contribution >= 0.6 is 11.8 Å². The molecule has 0 saturated carbocycles. The molecule has 2 aromatic rings. The Morgan fingerprint density at radius 1 is 1.10 bits per heavy atom. The number of methoxy groups -OCH3 is 2. The molecule has 3 rings (SSSR count). The van der Waals surface area contributed by atoms with Crippen LogP contribution in [0.15, 0.2) is 47.4 Å². The van der Waals surface area contributed by atoms with Gasteiger partial charge in [0.15, 0.2) is 18.1 Å². The van der Waals surface area contributed by atoms with Gasteiger partial charge in [-0.25, -0.2) is 0 Å². The number of hydrogen-bond donors (Lipinski definition) is 2. The van der Waals surface area contributed by atoms with Gasteiger partial charge in [0.2, 0.25) is 5.91 Å². The van der Waals surface area contributed by atoms with Gasteiger partial charge in [0.1, 0.15) is 0 Å². The molecule has 1 atom stereocenters. The molecule has 9 heteroatoms. The topological polar surface area (TPSA) is 103 Å². The molecule has 1 heterocycles. The third-order valence-corrected chi connectivity index (χ3v) is 5.37. The standard InChI is InChI=1S/C20H20N2O6S/c1-26-14-8-7-12(9-15(14)27-2)21-18(23)11-28-19(24)10-17-20(25)22-13-5-3-4-6-16(13)29-17/h3-9,17H,10-11H2,1-2H3,(H,21,23)(H,22,25)/t17-/m1/s1. The molecule has 0 radical (unpaired) electrons. The SMILES string of the molecule is COc1ccc(NC(=O)COC(=O)C[C@H]2Sc3ccccc3NC2=O)cc1OC. The Labute approximate surface area is 171 Å². The Kier molecular flexibility index (Phi) is 6.61. The van der Waals surface area contributed by atoms with Crippen molar-refractivity contribution < 1.29 is 28.6 Å². The van der Waals surface area contributed by atoms with Crippen LogP contribution in [0.3, 0.4) is 0 Å². The molecule has 2 N–H and O–H groups in total. The van der Waals surface area contributed by atoms with Gasteiger partial charge in [-0.15, -0.1) is 11.8 Å². The maximum absolute atomic E-state index is 12.1. The Bertz CT molecular complexity index is 933. The molecule has 0 bridgehead atoms. The number of hydrogen-bond acceptors (Lipinski definition) is 7. The molecule has 0 spiro atoms. The van der Waals surface area contributed by atoms with Crippen LogP contribution in [0.5, 0.6) is 11.5 Å². The summed E-state index contributed by atoms with van der Waals surface area (Å²) in [5.41, 5.74) is 1.20. The first kappa shape index (κ1) is 20.5. The Hall–Kier alpha value is -3.20. The van der Waals surface area contributed by atoms with Gasteiger partial charge in [0, 0.05) is 16.6 Å². The second-order valence-electron chi connectivity index (χ2n) is 6.07. The number of nitrogens with one attached hydrogen (secondary N) is 2. The smallest absolute Gasteiger partial charge is 0.307 e. The van der Waals surface area contributed by atoms with E-state index in [4.69, 9.17) is 14.2 Å². The number of anilines is 2. The van der Waals surface area contributed by atoms with Crippen molar-refractivity contribution in [3.05, 3.63) is 42.5 Å². The van der Waals surface area contributed by atoms with Gasteiger partial charge >= 0.3 is 5.97 Å². The van der Waals surface area contributed by atoms with E-state index in [1.165, 1.54) is 26.0 Å². The molecule has 0 fully saturated rings. The highest BCUT2D eigenvalue weighted by Crippen LogP contribution is 2.36. The second kappa shape index (κ2) is 9.33. The monoisotopic (exact) mass is 416 g/mol. The zero-order chi connectivity index (χ0) is 20.8. The minimum Gasteiger partial charge on any atom is -0.493 e. The van der Waals surface area contributed by atoms with Crippen LogP contribution in [0, 0.1) is 0 Å². The fraction of sp³-hybridized carbons (Fsp3) is 0.250. The fourth-order valence-electron chi connectivity index (χ4n) is 2.69. The van der Waals surface area contributed by atoms with Crippen LogP contribution in [0.1, 0.15) is 6.42 Å². The summed E-state index contributed by atoms with van der Waals surface area (Å²) in [6.45, 7) is -0.456. The first-order valence-electron chi connectivity index (χ1n) is 8.74. The van der Waals surface area contributed by atoms with Gasteiger partial charge in [0.25, 0.3) is 5.91 Å². The molecule has 8 nitrogen and oxygen atoms in total. The molecule has 2 aromatic carbocycles. The van der Waals surface area contributed by atoms with Gasteiger partial charge in [-0.2, -0.15) is 0 Å². The summed E-state index contributed by atoms with van der Waals surface area (Å²) < 4.78 is 15.3. The van der Waals surface area contributed by atoms with Crippen LogP contribution in [-0.4, -0.2) is 43.9 Å². The normalized spacial score (nSPS) is 15.0. The average molecular weight is 416 g/mol. The number of carbonyl (C=O) groups excluding carboxylic acids is 3. The molecule has 1 aliphatic rings. The van der Waals surface area contributed by atoms with Crippen molar-refractivity contribution in [1.82, 2.24) is 0 Å². The van der Waals surface area contributed by atoms with E-state index in [0.29, 0.717) is 17.2 Å². The van der Waals surface area contributed by atoms with Crippen molar-refractivity contribution in [2.75, 3.05) is 31.5 Å². The van der Waals surface area contributed by atoms with Crippen LogP contribution in [-0.2, 0) is 19.1 Å². The first-order valence-corrected chi connectivity index (χ1v) is 9.62. The summed E-state index contributed by atoms with van der Waals surface area (Å²) in [4.78, 5) is 37.2. The summed E-state index contributed by atoms with van der Waals surface area (Å²) >= 11 is 1.30. The number of para-hydroxylation sites is 1. The van der Waals surface area contributed by atoms with Gasteiger partial charge in [0.05, 0.1) is 31.6 Å². The lowest BCUT2D eigenvalue weighted by Crippen LogP contribution is -2.32. The summed E-state index contributed by atoms with van der Waals surface area (Å²) in [5.74, 6) is -0.402. The van der Waals surface area contributed by atoms with Gasteiger partial charge in [-0.1, -0.05) is 12.1 Å². The van der Waals surface area contributed by atoms with Gasteiger partial charge in [-0.05, 0) is 24.3 Å². The fourth-order valence-corrected chi connectivity index (χ4v) is 3.79. The third kappa shape index (κ3) is 5.20. The Morgan fingerprint density at radius 3 is 2.62 bits per heavy atom. The number of benzene rings is 2. The van der Waals surface area contributed by atoms with Gasteiger partial charge in [-0.3, -0.25) is 14.4 Å². The van der Waals surface area contributed by atoms with Crippen molar-refractivity contribution in [2.45, 2.75) is 16.6 Å². The summed E-state index contributed by atoms with van der Waals surface area (Å²) in [5, 5.41) is 4.77. The Balaban J connectivity index is 1.49. The van der Waals surface area contributed by atoms with Crippen molar-refractivity contribution in [3.63, 3.8) is 0 Å². The minimum atomic E-state index is -0.625. The maximum Gasteiger partial charge on any atom is 0.307 e. The van der Waals surface area contributed by atoms with Crippen LogP contribution < -0.4 is 20.1 Å². The van der Waals surface area contributed by atoms with Crippen LogP contribution in [0.4, 0.5) is 11.4 Å². The van der Waals surface area contributed by atoms with Gasteiger partial charge < -0.3 is 24.8 Å². The molecule has 0 aliphatic carbocycles. The molecule has 2 amide bonds. The predicted molar refractivity (Wildman–Crippen MR) is 108 cm³/mol. The van der Waals surface area contributed by atoms with E-state index < -0.39 is 23.7 Å². The molecular formula is C20H20N2O6S. The number of carbonyl (C=O) groups is 3. The van der Waals surface area contributed by atoms with Crippen molar-refractivity contribution in [1.29, 1.82) is 0 Å². The number of ether oxygens (including phenoxy) is 3. The average Bonchev–Trinajstić information content (AvgIpc) is 2.72. The van der Waals surface area contributed by atoms with E-state index in [1.54, 1.807) is 24.3 Å². The lowest BCUT2D eigenvalue weighted by molar-refractivity contribution is -0.147. The van der Waals surface area contributed by atoms with E-state index >= 15 is 0 Å². The minimum absolute atomic E-state index is 0.130. The quantitative estimate of drug-likeness (QED) is 0.669. The number of thioether (sulfide) groups is 1. The maximum atomic E-state index is 12.1. The number of amides is 2. The zero-order valence-corrected chi connectivity index (χ0v) is 16.7. The highest BCUT2D eigenvalue weighted by Gasteiger charge is 2.29. The molecule has 152 valence electrons. The highest BCUT2D eigenvalue weighted by molar-refractivity contribution is 8.01. The molecule has 0 unspecified atom stereocenters. The molecule has 29 heavy (non-hydrogen) atoms. The zero-order valence-electron chi connectivity index (χ0n) is 15.9. The Morgan fingerprint density at radius 2 is 1.86 bits per heavy atom. The molecule has 1 aliphatic heterocycles. The summed E-state index contributed by atoms with van der Waals surface area (Å²) in [6, 6.07) is 12.2. The molecule has 0 aromatic heterocycles. The van der Waals surface area contributed by atoms with Crippen LogP contribution in [0.2, 0.25) is 0 Å². The molecule has 0 saturated heterocycles. The van der Waals surface area contributed by atoms with E-state index in [1.807, 2.05) is 18.2 Å².